The summed E-state index contributed by atoms with van der Waals surface area (Å²) < 4.78 is 0. The predicted molar refractivity (Wildman–Crippen MR) is 65.7 cm³/mol. The molecule has 2 nitrogen and oxygen atoms in total. The summed E-state index contributed by atoms with van der Waals surface area (Å²) in [4.78, 5) is 11.1. The third-order valence-corrected chi connectivity index (χ3v) is 3.08. The van der Waals surface area contributed by atoms with Gasteiger partial charge in [0.1, 0.15) is 5.78 Å². The predicted octanol–water partition coefficient (Wildman–Crippen LogP) is 3.00. The number of carbonyl (C=O) groups excluding carboxylic acids is 1. The summed E-state index contributed by atoms with van der Waals surface area (Å²) in [6.45, 7) is 9.01. The van der Waals surface area contributed by atoms with Crippen LogP contribution in [-0.2, 0) is 4.79 Å². The molecule has 0 heterocycles. The second kappa shape index (κ2) is 7.86. The van der Waals surface area contributed by atoms with Crippen LogP contribution in [0.4, 0.5) is 0 Å². The first-order valence-electron chi connectivity index (χ1n) is 6.16. The molecule has 0 bridgehead atoms. The van der Waals surface area contributed by atoms with Gasteiger partial charge in [0.05, 0.1) is 0 Å². The Morgan fingerprint density at radius 2 is 1.80 bits per heavy atom. The standard InChI is InChI=1S/C13H27NO/c1-10(2)6-5-7-13(8-12(4)15)11(3)9-14/h10-11,13H,5-9,14H2,1-4H3. The van der Waals surface area contributed by atoms with Crippen LogP contribution in [0.3, 0.4) is 0 Å². The first-order chi connectivity index (χ1) is 6.97. The molecular weight excluding hydrogens is 186 g/mol. The van der Waals surface area contributed by atoms with Crippen LogP contribution in [0.1, 0.15) is 53.4 Å². The average Bonchev–Trinajstić information content (AvgIpc) is 2.14. The lowest BCUT2D eigenvalue weighted by atomic mass is 9.84. The number of hydrogen-bond donors (Lipinski definition) is 1. The van der Waals surface area contributed by atoms with Crippen molar-refractivity contribution in [2.45, 2.75) is 53.4 Å². The van der Waals surface area contributed by atoms with Gasteiger partial charge in [0.15, 0.2) is 0 Å². The van der Waals surface area contributed by atoms with Crippen LogP contribution in [0.25, 0.3) is 0 Å². The van der Waals surface area contributed by atoms with Gasteiger partial charge in [-0.05, 0) is 37.6 Å². The third kappa shape index (κ3) is 7.55. The van der Waals surface area contributed by atoms with Crippen LogP contribution in [-0.4, -0.2) is 12.3 Å². The van der Waals surface area contributed by atoms with Crippen molar-refractivity contribution in [2.24, 2.45) is 23.5 Å². The fourth-order valence-electron chi connectivity index (χ4n) is 1.94. The van der Waals surface area contributed by atoms with Crippen LogP contribution in [0.15, 0.2) is 0 Å². The summed E-state index contributed by atoms with van der Waals surface area (Å²) in [5, 5.41) is 0. The van der Waals surface area contributed by atoms with Crippen molar-refractivity contribution in [2.75, 3.05) is 6.54 Å². The molecule has 0 amide bonds. The Hall–Kier alpha value is -0.370. The van der Waals surface area contributed by atoms with Crippen molar-refractivity contribution in [3.8, 4) is 0 Å². The van der Waals surface area contributed by atoms with Crippen molar-refractivity contribution >= 4 is 5.78 Å². The molecule has 0 saturated carbocycles. The lowest BCUT2D eigenvalue weighted by molar-refractivity contribution is -0.118. The molecule has 0 aromatic rings. The summed E-state index contributed by atoms with van der Waals surface area (Å²) in [6, 6.07) is 0. The van der Waals surface area contributed by atoms with Crippen molar-refractivity contribution < 1.29 is 4.79 Å². The van der Waals surface area contributed by atoms with E-state index in [0.29, 0.717) is 30.6 Å². The SMILES string of the molecule is CC(=O)CC(CCCC(C)C)C(C)CN. The van der Waals surface area contributed by atoms with Gasteiger partial charge in [0, 0.05) is 6.42 Å². The number of Topliss-reactive ketones (excluding diaryl/α,β-unsaturated/α-hetero) is 1. The molecule has 0 rings (SSSR count). The van der Waals surface area contributed by atoms with E-state index in [2.05, 4.69) is 20.8 Å². The number of nitrogens with two attached hydrogens (primary N) is 1. The van der Waals surface area contributed by atoms with E-state index in [4.69, 9.17) is 5.73 Å². The van der Waals surface area contributed by atoms with Crippen molar-refractivity contribution in [3.63, 3.8) is 0 Å². The van der Waals surface area contributed by atoms with Gasteiger partial charge in [-0.1, -0.05) is 33.6 Å². The van der Waals surface area contributed by atoms with E-state index in [1.165, 1.54) is 12.8 Å². The van der Waals surface area contributed by atoms with Crippen molar-refractivity contribution in [3.05, 3.63) is 0 Å². The van der Waals surface area contributed by atoms with Gasteiger partial charge >= 0.3 is 0 Å². The summed E-state index contributed by atoms with van der Waals surface area (Å²) in [5.74, 6) is 2.02. The van der Waals surface area contributed by atoms with Gasteiger partial charge in [-0.2, -0.15) is 0 Å². The largest absolute Gasteiger partial charge is 0.330 e. The fourth-order valence-corrected chi connectivity index (χ4v) is 1.94. The second-order valence-electron chi connectivity index (χ2n) is 5.20. The van der Waals surface area contributed by atoms with E-state index in [9.17, 15) is 4.79 Å². The molecule has 0 radical (unpaired) electrons. The van der Waals surface area contributed by atoms with Crippen LogP contribution in [0, 0.1) is 17.8 Å². The molecule has 0 aromatic heterocycles. The van der Waals surface area contributed by atoms with E-state index >= 15 is 0 Å². The van der Waals surface area contributed by atoms with Crippen LogP contribution >= 0.6 is 0 Å². The molecule has 0 aliphatic rings. The Bertz CT molecular complexity index is 177. The average molecular weight is 213 g/mol. The van der Waals surface area contributed by atoms with Gasteiger partial charge in [0.25, 0.3) is 0 Å². The number of carbonyl (C=O) groups is 1. The van der Waals surface area contributed by atoms with Crippen molar-refractivity contribution in [1.29, 1.82) is 0 Å². The highest BCUT2D eigenvalue weighted by Crippen LogP contribution is 2.23. The molecule has 15 heavy (non-hydrogen) atoms. The zero-order valence-electron chi connectivity index (χ0n) is 10.8. The molecule has 2 atom stereocenters. The van der Waals surface area contributed by atoms with E-state index < -0.39 is 0 Å². The molecule has 0 fully saturated rings. The quantitative estimate of drug-likeness (QED) is 0.673. The van der Waals surface area contributed by atoms with Crippen LogP contribution < -0.4 is 5.73 Å². The maximum Gasteiger partial charge on any atom is 0.130 e. The lowest BCUT2D eigenvalue weighted by Crippen LogP contribution is -2.22. The molecule has 90 valence electrons. The number of rotatable bonds is 8. The summed E-state index contributed by atoms with van der Waals surface area (Å²) in [5.41, 5.74) is 5.67. The smallest absolute Gasteiger partial charge is 0.130 e. The lowest BCUT2D eigenvalue weighted by Gasteiger charge is -2.22. The molecular formula is C13H27NO. The topological polar surface area (TPSA) is 43.1 Å². The van der Waals surface area contributed by atoms with Gasteiger partial charge in [-0.3, -0.25) is 0 Å². The zero-order chi connectivity index (χ0) is 11.8. The molecule has 2 heteroatoms. The van der Waals surface area contributed by atoms with Crippen LogP contribution in [0.5, 0.6) is 0 Å². The van der Waals surface area contributed by atoms with E-state index in [-0.39, 0.29) is 0 Å². The Morgan fingerprint density at radius 3 is 2.20 bits per heavy atom. The Balaban J connectivity index is 3.95. The number of hydrogen-bond acceptors (Lipinski definition) is 2. The number of ketones is 1. The molecule has 0 saturated heterocycles. The van der Waals surface area contributed by atoms with Gasteiger partial charge < -0.3 is 10.5 Å². The Kier molecular flexibility index (Phi) is 7.67. The summed E-state index contributed by atoms with van der Waals surface area (Å²) in [6.07, 6.45) is 4.33. The first-order valence-corrected chi connectivity index (χ1v) is 6.16. The summed E-state index contributed by atoms with van der Waals surface area (Å²) >= 11 is 0. The van der Waals surface area contributed by atoms with Crippen LogP contribution in [0.2, 0.25) is 0 Å². The normalized spacial score (nSPS) is 15.3. The minimum Gasteiger partial charge on any atom is -0.330 e. The van der Waals surface area contributed by atoms with Gasteiger partial charge in [-0.15, -0.1) is 0 Å². The Morgan fingerprint density at radius 1 is 1.20 bits per heavy atom. The van der Waals surface area contributed by atoms with E-state index in [0.717, 1.165) is 12.3 Å². The molecule has 2 unspecified atom stereocenters. The third-order valence-electron chi connectivity index (χ3n) is 3.08. The highest BCUT2D eigenvalue weighted by molar-refractivity contribution is 5.75. The molecule has 2 N–H and O–H groups in total. The summed E-state index contributed by atoms with van der Waals surface area (Å²) in [7, 11) is 0. The molecule has 0 aliphatic carbocycles. The highest BCUT2D eigenvalue weighted by Gasteiger charge is 2.17. The van der Waals surface area contributed by atoms with Gasteiger partial charge in [0.2, 0.25) is 0 Å². The minimum absolute atomic E-state index is 0.296. The fraction of sp³-hybridized carbons (Fsp3) is 0.923. The maximum absolute atomic E-state index is 11.1. The molecule has 0 aliphatic heterocycles. The zero-order valence-corrected chi connectivity index (χ0v) is 10.8. The van der Waals surface area contributed by atoms with E-state index in [1.807, 2.05) is 0 Å². The maximum atomic E-state index is 11.1. The monoisotopic (exact) mass is 213 g/mol. The van der Waals surface area contributed by atoms with Crippen molar-refractivity contribution in [1.82, 2.24) is 0 Å². The molecule has 0 aromatic carbocycles. The first kappa shape index (κ1) is 14.6. The Labute approximate surface area is 94.6 Å². The second-order valence-corrected chi connectivity index (χ2v) is 5.20. The molecule has 0 spiro atoms. The highest BCUT2D eigenvalue weighted by atomic mass is 16.1. The van der Waals surface area contributed by atoms with E-state index in [1.54, 1.807) is 6.92 Å². The minimum atomic E-state index is 0.296. The van der Waals surface area contributed by atoms with Gasteiger partial charge in [-0.25, -0.2) is 0 Å².